The fourth-order valence-electron chi connectivity index (χ4n) is 3.32. The van der Waals surface area contributed by atoms with E-state index in [0.29, 0.717) is 6.54 Å². The molecular formula is C22H23N5O2. The van der Waals surface area contributed by atoms with Gasteiger partial charge in [0.2, 0.25) is 0 Å². The second-order valence-corrected chi connectivity index (χ2v) is 6.81. The molecule has 2 amide bonds. The molecule has 4 rings (SSSR count). The summed E-state index contributed by atoms with van der Waals surface area (Å²) in [6.45, 7) is 2.49. The second-order valence-electron chi connectivity index (χ2n) is 6.81. The van der Waals surface area contributed by atoms with Crippen molar-refractivity contribution in [2.45, 2.75) is 13.3 Å². The average Bonchev–Trinajstić information content (AvgIpc) is 3.39. The number of H-pyrrole nitrogens is 1. The Balaban J connectivity index is 1.35. The van der Waals surface area contributed by atoms with Crippen LogP contribution in [0.4, 0.5) is 10.5 Å². The van der Waals surface area contributed by atoms with Gasteiger partial charge in [-0.2, -0.15) is 5.10 Å². The topological polar surface area (TPSA) is 84.0 Å². The summed E-state index contributed by atoms with van der Waals surface area (Å²) in [5, 5.41) is 11.2. The number of rotatable bonds is 6. The van der Waals surface area contributed by atoms with E-state index in [0.717, 1.165) is 45.6 Å². The van der Waals surface area contributed by atoms with E-state index in [9.17, 15) is 4.79 Å². The van der Waals surface area contributed by atoms with Gasteiger partial charge in [0.15, 0.2) is 0 Å². The molecule has 3 N–H and O–H groups in total. The Morgan fingerprint density at radius 2 is 2.14 bits per heavy atom. The first-order valence-electron chi connectivity index (χ1n) is 9.43. The summed E-state index contributed by atoms with van der Waals surface area (Å²) < 4.78 is 7.08. The number of ether oxygens (including phenoxy) is 1. The Hall–Kier alpha value is -3.74. The average molecular weight is 389 g/mol. The Bertz CT molecular complexity index is 1130. The van der Waals surface area contributed by atoms with Gasteiger partial charge < -0.3 is 20.4 Å². The Morgan fingerprint density at radius 3 is 2.90 bits per heavy atom. The van der Waals surface area contributed by atoms with E-state index in [1.54, 1.807) is 18.0 Å². The standard InChI is InChI=1S/C22H23N5O2/c1-15-12-17(27-11-3-9-25-27)4-6-20(15)26-22(28)23-10-8-16-14-24-21-7-5-18(29-2)13-19(16)21/h3-7,9,11-14,24H,8,10H2,1-2H3,(H2,23,26,28). The van der Waals surface area contributed by atoms with Crippen molar-refractivity contribution in [1.29, 1.82) is 0 Å². The Labute approximate surface area is 168 Å². The molecule has 2 heterocycles. The van der Waals surface area contributed by atoms with Crippen molar-refractivity contribution >= 4 is 22.6 Å². The molecule has 29 heavy (non-hydrogen) atoms. The van der Waals surface area contributed by atoms with Crippen molar-refractivity contribution in [3.05, 3.63) is 72.2 Å². The number of amides is 2. The van der Waals surface area contributed by atoms with E-state index in [-0.39, 0.29) is 6.03 Å². The zero-order chi connectivity index (χ0) is 20.2. The van der Waals surface area contributed by atoms with E-state index >= 15 is 0 Å². The maximum Gasteiger partial charge on any atom is 0.319 e. The van der Waals surface area contributed by atoms with Crippen LogP contribution in [0.2, 0.25) is 0 Å². The number of aryl methyl sites for hydroxylation is 1. The number of methoxy groups -OCH3 is 1. The summed E-state index contributed by atoms with van der Waals surface area (Å²) in [5.74, 6) is 0.818. The zero-order valence-corrected chi connectivity index (χ0v) is 16.4. The third-order valence-corrected chi connectivity index (χ3v) is 4.88. The molecule has 0 saturated carbocycles. The molecule has 0 saturated heterocycles. The summed E-state index contributed by atoms with van der Waals surface area (Å²) in [7, 11) is 1.66. The minimum Gasteiger partial charge on any atom is -0.497 e. The molecule has 0 spiro atoms. The highest BCUT2D eigenvalue weighted by atomic mass is 16.5. The third kappa shape index (κ3) is 4.08. The first-order chi connectivity index (χ1) is 14.1. The SMILES string of the molecule is COc1ccc2[nH]cc(CCNC(=O)Nc3ccc(-n4cccn4)cc3C)c2c1. The second kappa shape index (κ2) is 8.10. The lowest BCUT2D eigenvalue weighted by Crippen LogP contribution is -2.30. The van der Waals surface area contributed by atoms with Gasteiger partial charge in [0.05, 0.1) is 12.8 Å². The van der Waals surface area contributed by atoms with Crippen LogP contribution in [0.25, 0.3) is 16.6 Å². The Kier molecular flexibility index (Phi) is 5.20. The van der Waals surface area contributed by atoms with Gasteiger partial charge in [-0.25, -0.2) is 9.48 Å². The van der Waals surface area contributed by atoms with Gasteiger partial charge in [-0.05, 0) is 66.9 Å². The molecule has 2 aromatic heterocycles. The van der Waals surface area contributed by atoms with Crippen LogP contribution in [0.15, 0.2) is 61.1 Å². The van der Waals surface area contributed by atoms with E-state index in [4.69, 9.17) is 4.74 Å². The number of nitrogens with zero attached hydrogens (tertiary/aromatic N) is 2. The van der Waals surface area contributed by atoms with E-state index in [1.165, 1.54) is 0 Å². The van der Waals surface area contributed by atoms with Crippen molar-refractivity contribution in [2.24, 2.45) is 0 Å². The van der Waals surface area contributed by atoms with Crippen molar-refractivity contribution in [1.82, 2.24) is 20.1 Å². The highest BCUT2D eigenvalue weighted by molar-refractivity contribution is 5.90. The molecule has 0 fully saturated rings. The fourth-order valence-corrected chi connectivity index (χ4v) is 3.32. The summed E-state index contributed by atoms with van der Waals surface area (Å²) in [6.07, 6.45) is 6.31. The number of benzene rings is 2. The number of aromatic nitrogens is 3. The predicted molar refractivity (Wildman–Crippen MR) is 114 cm³/mol. The molecule has 2 aromatic carbocycles. The lowest BCUT2D eigenvalue weighted by molar-refractivity contribution is 0.252. The minimum atomic E-state index is -0.225. The molecule has 7 heteroatoms. The van der Waals surface area contributed by atoms with Crippen LogP contribution in [0, 0.1) is 6.92 Å². The van der Waals surface area contributed by atoms with Crippen LogP contribution in [-0.2, 0) is 6.42 Å². The van der Waals surface area contributed by atoms with Crippen LogP contribution in [0.1, 0.15) is 11.1 Å². The van der Waals surface area contributed by atoms with Crippen molar-refractivity contribution in [3.8, 4) is 11.4 Å². The molecule has 0 unspecified atom stereocenters. The predicted octanol–water partition coefficient (Wildman–Crippen LogP) is 4.03. The van der Waals surface area contributed by atoms with Gasteiger partial charge in [-0.15, -0.1) is 0 Å². The summed E-state index contributed by atoms with van der Waals surface area (Å²) >= 11 is 0. The molecule has 0 bridgehead atoms. The first kappa shape index (κ1) is 18.6. The smallest absolute Gasteiger partial charge is 0.319 e. The fraction of sp³-hybridized carbons (Fsp3) is 0.182. The summed E-state index contributed by atoms with van der Waals surface area (Å²) in [4.78, 5) is 15.6. The molecular weight excluding hydrogens is 366 g/mol. The molecule has 0 aliphatic rings. The number of nitrogens with one attached hydrogen (secondary N) is 3. The summed E-state index contributed by atoms with van der Waals surface area (Å²) in [6, 6.07) is 13.4. The van der Waals surface area contributed by atoms with E-state index in [1.807, 2.05) is 61.8 Å². The maximum atomic E-state index is 12.3. The number of carbonyl (C=O) groups is 1. The van der Waals surface area contributed by atoms with Gasteiger partial charge in [0.1, 0.15) is 5.75 Å². The molecule has 0 atom stereocenters. The van der Waals surface area contributed by atoms with Gasteiger partial charge in [-0.1, -0.05) is 0 Å². The number of hydrogen-bond donors (Lipinski definition) is 3. The largest absolute Gasteiger partial charge is 0.497 e. The third-order valence-electron chi connectivity index (χ3n) is 4.88. The lowest BCUT2D eigenvalue weighted by Gasteiger charge is -2.11. The van der Waals surface area contributed by atoms with Gasteiger partial charge in [0.25, 0.3) is 0 Å². The number of fused-ring (bicyclic) bond motifs is 1. The number of urea groups is 1. The van der Waals surface area contributed by atoms with E-state index < -0.39 is 0 Å². The molecule has 0 radical (unpaired) electrons. The first-order valence-corrected chi connectivity index (χ1v) is 9.43. The number of aromatic amines is 1. The van der Waals surface area contributed by atoms with Gasteiger partial charge in [0, 0.05) is 41.7 Å². The quantitative estimate of drug-likeness (QED) is 0.465. The van der Waals surface area contributed by atoms with Crippen LogP contribution >= 0.6 is 0 Å². The maximum absolute atomic E-state index is 12.3. The molecule has 4 aromatic rings. The highest BCUT2D eigenvalue weighted by Crippen LogP contribution is 2.24. The van der Waals surface area contributed by atoms with E-state index in [2.05, 4.69) is 20.7 Å². The van der Waals surface area contributed by atoms with Crippen molar-refractivity contribution in [3.63, 3.8) is 0 Å². The Morgan fingerprint density at radius 1 is 1.24 bits per heavy atom. The van der Waals surface area contributed by atoms with Crippen LogP contribution < -0.4 is 15.4 Å². The highest BCUT2D eigenvalue weighted by Gasteiger charge is 2.08. The molecule has 7 nitrogen and oxygen atoms in total. The molecule has 0 aliphatic carbocycles. The van der Waals surface area contributed by atoms with Gasteiger partial charge in [-0.3, -0.25) is 0 Å². The van der Waals surface area contributed by atoms with Crippen LogP contribution in [-0.4, -0.2) is 34.5 Å². The minimum absolute atomic E-state index is 0.225. The van der Waals surface area contributed by atoms with Crippen molar-refractivity contribution < 1.29 is 9.53 Å². The van der Waals surface area contributed by atoms with Crippen LogP contribution in [0.5, 0.6) is 5.75 Å². The zero-order valence-electron chi connectivity index (χ0n) is 16.4. The lowest BCUT2D eigenvalue weighted by atomic mass is 10.1. The molecule has 0 aliphatic heterocycles. The van der Waals surface area contributed by atoms with Crippen molar-refractivity contribution in [2.75, 3.05) is 19.0 Å². The van der Waals surface area contributed by atoms with Gasteiger partial charge >= 0.3 is 6.03 Å². The normalized spacial score (nSPS) is 10.8. The summed E-state index contributed by atoms with van der Waals surface area (Å²) in [5.41, 5.74) is 4.89. The number of anilines is 1. The van der Waals surface area contributed by atoms with Crippen LogP contribution in [0.3, 0.4) is 0 Å². The monoisotopic (exact) mass is 389 g/mol. The number of carbonyl (C=O) groups excluding carboxylic acids is 1. The molecule has 148 valence electrons. The number of hydrogen-bond acceptors (Lipinski definition) is 3.